The average Bonchev–Trinajstić information content (AvgIpc) is 3.13. The molecule has 1 aromatic heterocycles. The van der Waals surface area contributed by atoms with Gasteiger partial charge in [0.1, 0.15) is 0 Å². The van der Waals surface area contributed by atoms with Crippen molar-refractivity contribution >= 4 is 28.9 Å². The molecule has 0 spiro atoms. The first-order valence-corrected chi connectivity index (χ1v) is 11.0. The fourth-order valence-corrected chi connectivity index (χ4v) is 3.65. The quantitative estimate of drug-likeness (QED) is 0.428. The van der Waals surface area contributed by atoms with E-state index in [1.807, 2.05) is 80.0 Å². The molecule has 0 aliphatic heterocycles. The van der Waals surface area contributed by atoms with Gasteiger partial charge in [-0.1, -0.05) is 18.2 Å². The summed E-state index contributed by atoms with van der Waals surface area (Å²) >= 11 is 0. The van der Waals surface area contributed by atoms with Gasteiger partial charge in [-0.2, -0.15) is 5.10 Å². The molecule has 2 N–H and O–H groups in total. The Hall–Kier alpha value is -4.39. The fraction of sp³-hybridized carbons (Fsp3) is 0.148. The van der Waals surface area contributed by atoms with E-state index in [1.54, 1.807) is 36.4 Å². The summed E-state index contributed by atoms with van der Waals surface area (Å²) in [6.07, 6.45) is 0. The highest BCUT2D eigenvalue weighted by Crippen LogP contribution is 2.24. The molecule has 0 unspecified atom stereocenters. The third kappa shape index (κ3) is 4.83. The second-order valence-corrected chi connectivity index (χ2v) is 8.22. The van der Waals surface area contributed by atoms with Crippen LogP contribution >= 0.6 is 0 Å². The van der Waals surface area contributed by atoms with E-state index in [0.717, 1.165) is 22.8 Å². The second kappa shape index (κ2) is 9.62. The minimum atomic E-state index is -0.240. The Kier molecular flexibility index (Phi) is 6.45. The molecule has 7 nitrogen and oxygen atoms in total. The van der Waals surface area contributed by atoms with Crippen LogP contribution in [-0.4, -0.2) is 35.7 Å². The lowest BCUT2D eigenvalue weighted by molar-refractivity contribution is 0.102. The summed E-state index contributed by atoms with van der Waals surface area (Å²) in [5.74, 6) is -0.446. The van der Waals surface area contributed by atoms with Crippen LogP contribution in [0.2, 0.25) is 0 Å². The number of rotatable bonds is 6. The molecule has 0 fully saturated rings. The third-order valence-corrected chi connectivity index (χ3v) is 5.58. The summed E-state index contributed by atoms with van der Waals surface area (Å²) in [5.41, 5.74) is 5.88. The van der Waals surface area contributed by atoms with Crippen molar-refractivity contribution in [1.29, 1.82) is 0 Å². The molecule has 0 aliphatic carbocycles. The maximum atomic E-state index is 12.9. The fourth-order valence-electron chi connectivity index (χ4n) is 3.65. The van der Waals surface area contributed by atoms with Gasteiger partial charge in [0.05, 0.1) is 22.8 Å². The summed E-state index contributed by atoms with van der Waals surface area (Å²) in [4.78, 5) is 27.4. The predicted molar refractivity (Wildman–Crippen MR) is 136 cm³/mol. The Labute approximate surface area is 199 Å². The van der Waals surface area contributed by atoms with Crippen LogP contribution in [0.1, 0.15) is 32.1 Å². The molecule has 1 heterocycles. The van der Waals surface area contributed by atoms with Crippen molar-refractivity contribution in [3.63, 3.8) is 0 Å². The molecule has 0 atom stereocenters. The van der Waals surface area contributed by atoms with Gasteiger partial charge in [0.25, 0.3) is 11.8 Å². The van der Waals surface area contributed by atoms with Gasteiger partial charge in [0.2, 0.25) is 0 Å². The van der Waals surface area contributed by atoms with E-state index in [2.05, 4.69) is 15.7 Å². The molecule has 0 bridgehead atoms. The SMILES string of the molecule is Cc1nn(-c2ccccc2)c(C)c1NC(=O)c1ccc(NC(=O)c2ccc(N(C)C)cc2)cc1. The van der Waals surface area contributed by atoms with E-state index < -0.39 is 0 Å². The zero-order chi connectivity index (χ0) is 24.2. The molecular formula is C27H27N5O2. The molecule has 2 amide bonds. The molecule has 7 heteroatoms. The number of nitrogens with one attached hydrogen (secondary N) is 2. The van der Waals surface area contributed by atoms with Gasteiger partial charge < -0.3 is 15.5 Å². The maximum absolute atomic E-state index is 12.9. The van der Waals surface area contributed by atoms with Gasteiger partial charge in [-0.05, 0) is 74.5 Å². The zero-order valence-corrected chi connectivity index (χ0v) is 19.7. The standard InChI is InChI=1S/C27H27N5O2/c1-18-25(19(2)32(30-18)24-8-6-5-7-9-24)29-27(34)20-10-14-22(15-11-20)28-26(33)21-12-16-23(17-13-21)31(3)4/h5-17H,1-4H3,(H,28,33)(H,29,34). The van der Waals surface area contributed by atoms with Crippen molar-refractivity contribution in [2.45, 2.75) is 13.8 Å². The summed E-state index contributed by atoms with van der Waals surface area (Å²) in [6, 6.07) is 23.9. The summed E-state index contributed by atoms with van der Waals surface area (Å²) in [5, 5.41) is 10.4. The van der Waals surface area contributed by atoms with Gasteiger partial charge in [-0.25, -0.2) is 4.68 Å². The monoisotopic (exact) mass is 453 g/mol. The van der Waals surface area contributed by atoms with E-state index >= 15 is 0 Å². The largest absolute Gasteiger partial charge is 0.378 e. The molecule has 0 radical (unpaired) electrons. The Morgan fingerprint density at radius 1 is 0.765 bits per heavy atom. The van der Waals surface area contributed by atoms with E-state index in [1.165, 1.54) is 0 Å². The van der Waals surface area contributed by atoms with E-state index in [9.17, 15) is 9.59 Å². The first kappa shape index (κ1) is 22.8. The number of benzene rings is 3. The topological polar surface area (TPSA) is 79.3 Å². The molecule has 172 valence electrons. The van der Waals surface area contributed by atoms with Crippen molar-refractivity contribution in [3.8, 4) is 5.69 Å². The summed E-state index contributed by atoms with van der Waals surface area (Å²) < 4.78 is 1.81. The Bertz CT molecular complexity index is 1310. The lowest BCUT2D eigenvalue weighted by atomic mass is 10.1. The number of hydrogen-bond donors (Lipinski definition) is 2. The zero-order valence-electron chi connectivity index (χ0n) is 19.7. The van der Waals surface area contributed by atoms with Gasteiger partial charge in [-0.15, -0.1) is 0 Å². The van der Waals surface area contributed by atoms with Crippen molar-refractivity contribution in [1.82, 2.24) is 9.78 Å². The van der Waals surface area contributed by atoms with Crippen molar-refractivity contribution in [2.24, 2.45) is 0 Å². The highest BCUT2D eigenvalue weighted by molar-refractivity contribution is 6.06. The van der Waals surface area contributed by atoms with E-state index in [-0.39, 0.29) is 11.8 Å². The summed E-state index contributed by atoms with van der Waals surface area (Å²) in [7, 11) is 3.90. The normalized spacial score (nSPS) is 10.6. The number of aryl methyl sites for hydroxylation is 1. The van der Waals surface area contributed by atoms with Crippen molar-refractivity contribution in [3.05, 3.63) is 101 Å². The lowest BCUT2D eigenvalue weighted by Crippen LogP contribution is -2.15. The molecule has 4 aromatic rings. The van der Waals surface area contributed by atoms with Gasteiger partial charge in [0, 0.05) is 36.6 Å². The Balaban J connectivity index is 1.44. The van der Waals surface area contributed by atoms with E-state index in [0.29, 0.717) is 22.5 Å². The number of para-hydroxylation sites is 1. The molecule has 0 saturated carbocycles. The van der Waals surface area contributed by atoms with Gasteiger partial charge >= 0.3 is 0 Å². The first-order valence-electron chi connectivity index (χ1n) is 11.0. The van der Waals surface area contributed by atoms with Crippen LogP contribution in [0.4, 0.5) is 17.1 Å². The number of hydrogen-bond acceptors (Lipinski definition) is 4. The van der Waals surface area contributed by atoms with Crippen LogP contribution in [0.25, 0.3) is 5.69 Å². The highest BCUT2D eigenvalue weighted by atomic mass is 16.2. The number of aromatic nitrogens is 2. The van der Waals surface area contributed by atoms with Crippen LogP contribution in [0.15, 0.2) is 78.9 Å². The Morgan fingerprint density at radius 2 is 1.32 bits per heavy atom. The van der Waals surface area contributed by atoms with Gasteiger partial charge in [0.15, 0.2) is 0 Å². The Morgan fingerprint density at radius 3 is 1.91 bits per heavy atom. The maximum Gasteiger partial charge on any atom is 0.255 e. The molecule has 3 aromatic carbocycles. The number of amides is 2. The van der Waals surface area contributed by atoms with Crippen LogP contribution in [0, 0.1) is 13.8 Å². The third-order valence-electron chi connectivity index (χ3n) is 5.58. The minimum absolute atomic E-state index is 0.206. The van der Waals surface area contributed by atoms with Crippen LogP contribution < -0.4 is 15.5 Å². The van der Waals surface area contributed by atoms with Crippen molar-refractivity contribution < 1.29 is 9.59 Å². The minimum Gasteiger partial charge on any atom is -0.378 e. The average molecular weight is 454 g/mol. The molecule has 0 aliphatic rings. The number of nitrogens with zero attached hydrogens (tertiary/aromatic N) is 3. The number of carbonyl (C=O) groups is 2. The van der Waals surface area contributed by atoms with Crippen LogP contribution in [0.5, 0.6) is 0 Å². The molecule has 0 saturated heterocycles. The van der Waals surface area contributed by atoms with Crippen LogP contribution in [-0.2, 0) is 0 Å². The predicted octanol–water partition coefficient (Wildman–Crippen LogP) is 5.06. The van der Waals surface area contributed by atoms with Gasteiger partial charge in [-0.3, -0.25) is 9.59 Å². The second-order valence-electron chi connectivity index (χ2n) is 8.22. The highest BCUT2D eigenvalue weighted by Gasteiger charge is 2.16. The first-order chi connectivity index (χ1) is 16.3. The number of anilines is 3. The van der Waals surface area contributed by atoms with Crippen molar-refractivity contribution in [2.75, 3.05) is 29.6 Å². The molecular weight excluding hydrogens is 426 g/mol. The van der Waals surface area contributed by atoms with Crippen LogP contribution in [0.3, 0.4) is 0 Å². The smallest absolute Gasteiger partial charge is 0.255 e. The number of carbonyl (C=O) groups excluding carboxylic acids is 2. The van der Waals surface area contributed by atoms with E-state index in [4.69, 9.17) is 0 Å². The molecule has 34 heavy (non-hydrogen) atoms. The summed E-state index contributed by atoms with van der Waals surface area (Å²) in [6.45, 7) is 3.79. The molecule has 4 rings (SSSR count). The lowest BCUT2D eigenvalue weighted by Gasteiger charge is -2.12.